The zero-order chi connectivity index (χ0) is 19.8. The molecule has 0 fully saturated rings. The second-order valence-corrected chi connectivity index (χ2v) is 6.97. The maximum Gasteiger partial charge on any atom is 0.254 e. The highest BCUT2D eigenvalue weighted by molar-refractivity contribution is 5.95. The second kappa shape index (κ2) is 9.78. The van der Waals surface area contributed by atoms with Gasteiger partial charge >= 0.3 is 0 Å². The molecule has 0 radical (unpaired) electrons. The van der Waals surface area contributed by atoms with Crippen molar-refractivity contribution in [3.63, 3.8) is 0 Å². The van der Waals surface area contributed by atoms with E-state index in [1.54, 1.807) is 13.1 Å². The van der Waals surface area contributed by atoms with Gasteiger partial charge in [0.1, 0.15) is 5.82 Å². The van der Waals surface area contributed by atoms with E-state index < -0.39 is 0 Å². The van der Waals surface area contributed by atoms with E-state index in [1.807, 2.05) is 30.3 Å². The standard InChI is InChI=1S/C22H26N4O2/c1-16-24-15-19(22(28)25-14-17-8-4-2-5-9-17)20(26-16)12-13-23-21(27)18-10-6-3-7-11-18/h2-6,8-9,15,18H,7,10-14H2,1H3,(H,23,27)(H,25,28)/t18-/m0/s1. The average molecular weight is 378 g/mol. The third-order valence-electron chi connectivity index (χ3n) is 4.83. The van der Waals surface area contributed by atoms with Crippen LogP contribution < -0.4 is 10.6 Å². The quantitative estimate of drug-likeness (QED) is 0.726. The maximum absolute atomic E-state index is 12.6. The van der Waals surface area contributed by atoms with Gasteiger partial charge in [0, 0.05) is 31.6 Å². The molecule has 1 aromatic heterocycles. The number of benzene rings is 1. The van der Waals surface area contributed by atoms with E-state index in [2.05, 4.69) is 32.8 Å². The van der Waals surface area contributed by atoms with Crippen molar-refractivity contribution in [1.29, 1.82) is 0 Å². The summed E-state index contributed by atoms with van der Waals surface area (Å²) in [5.74, 6) is 0.525. The van der Waals surface area contributed by atoms with Gasteiger partial charge in [0.2, 0.25) is 5.91 Å². The van der Waals surface area contributed by atoms with Crippen molar-refractivity contribution in [3.05, 3.63) is 71.3 Å². The van der Waals surface area contributed by atoms with Crippen LogP contribution in [0.15, 0.2) is 48.7 Å². The SMILES string of the molecule is Cc1ncc(C(=O)NCc2ccccc2)c(CCNC(=O)[C@H]2CC=CCC2)n1. The lowest BCUT2D eigenvalue weighted by Crippen LogP contribution is -2.33. The number of hydrogen-bond acceptors (Lipinski definition) is 4. The number of carbonyl (C=O) groups is 2. The zero-order valence-corrected chi connectivity index (χ0v) is 16.1. The molecule has 0 aliphatic heterocycles. The molecule has 1 aromatic carbocycles. The van der Waals surface area contributed by atoms with Gasteiger partial charge in [-0.15, -0.1) is 0 Å². The first-order chi connectivity index (χ1) is 13.6. The van der Waals surface area contributed by atoms with Gasteiger partial charge in [0.15, 0.2) is 0 Å². The Morgan fingerprint density at radius 3 is 2.71 bits per heavy atom. The molecular formula is C22H26N4O2. The summed E-state index contributed by atoms with van der Waals surface area (Å²) in [6.07, 6.45) is 8.88. The van der Waals surface area contributed by atoms with Gasteiger partial charge in [-0.05, 0) is 31.7 Å². The summed E-state index contributed by atoms with van der Waals surface area (Å²) in [5, 5.41) is 5.89. The van der Waals surface area contributed by atoms with Crippen LogP contribution >= 0.6 is 0 Å². The number of nitrogens with zero attached hydrogens (tertiary/aromatic N) is 2. The minimum atomic E-state index is -0.206. The van der Waals surface area contributed by atoms with Gasteiger partial charge < -0.3 is 10.6 Å². The minimum absolute atomic E-state index is 0.0470. The summed E-state index contributed by atoms with van der Waals surface area (Å²) in [5.41, 5.74) is 2.14. The molecule has 2 N–H and O–H groups in total. The van der Waals surface area contributed by atoms with Crippen LogP contribution in [0.5, 0.6) is 0 Å². The van der Waals surface area contributed by atoms with Gasteiger partial charge in [0.05, 0.1) is 11.3 Å². The van der Waals surface area contributed by atoms with Gasteiger partial charge in [-0.2, -0.15) is 0 Å². The van der Waals surface area contributed by atoms with E-state index in [-0.39, 0.29) is 17.7 Å². The van der Waals surface area contributed by atoms with Crippen molar-refractivity contribution in [3.8, 4) is 0 Å². The smallest absolute Gasteiger partial charge is 0.254 e. The fourth-order valence-electron chi connectivity index (χ4n) is 3.25. The Morgan fingerprint density at radius 1 is 1.14 bits per heavy atom. The Labute approximate surface area is 165 Å². The third kappa shape index (κ3) is 5.49. The summed E-state index contributed by atoms with van der Waals surface area (Å²) in [6.45, 7) is 2.69. The molecule has 0 saturated carbocycles. The highest BCUT2D eigenvalue weighted by atomic mass is 16.2. The molecule has 1 aliphatic carbocycles. The number of rotatable bonds is 7. The van der Waals surface area contributed by atoms with E-state index in [9.17, 15) is 9.59 Å². The molecule has 6 heteroatoms. The normalized spacial score (nSPS) is 15.8. The molecular weight excluding hydrogens is 352 g/mol. The molecule has 0 saturated heterocycles. The fraction of sp³-hybridized carbons (Fsp3) is 0.364. The van der Waals surface area contributed by atoms with Crippen LogP contribution in [0, 0.1) is 12.8 Å². The van der Waals surface area contributed by atoms with Crippen LogP contribution in [-0.4, -0.2) is 28.3 Å². The minimum Gasteiger partial charge on any atom is -0.355 e. The lowest BCUT2D eigenvalue weighted by molar-refractivity contribution is -0.125. The second-order valence-electron chi connectivity index (χ2n) is 6.97. The number of aromatic nitrogens is 2. The molecule has 3 rings (SSSR count). The van der Waals surface area contributed by atoms with Gasteiger partial charge in [-0.1, -0.05) is 42.5 Å². The summed E-state index contributed by atoms with van der Waals surface area (Å²) < 4.78 is 0. The topological polar surface area (TPSA) is 84.0 Å². The van der Waals surface area contributed by atoms with E-state index in [4.69, 9.17) is 0 Å². The zero-order valence-electron chi connectivity index (χ0n) is 16.1. The Kier molecular flexibility index (Phi) is 6.89. The van der Waals surface area contributed by atoms with Crippen LogP contribution in [-0.2, 0) is 17.8 Å². The number of hydrogen-bond donors (Lipinski definition) is 2. The van der Waals surface area contributed by atoms with Crippen LogP contribution in [0.3, 0.4) is 0 Å². The van der Waals surface area contributed by atoms with Crippen LogP contribution in [0.2, 0.25) is 0 Å². The number of allylic oxidation sites excluding steroid dienone is 2. The summed E-state index contributed by atoms with van der Waals surface area (Å²) in [6, 6.07) is 9.74. The van der Waals surface area contributed by atoms with Crippen molar-refractivity contribution < 1.29 is 9.59 Å². The Morgan fingerprint density at radius 2 is 1.96 bits per heavy atom. The molecule has 146 valence electrons. The van der Waals surface area contributed by atoms with Crippen molar-refractivity contribution in [2.75, 3.05) is 6.54 Å². The van der Waals surface area contributed by atoms with Crippen molar-refractivity contribution in [1.82, 2.24) is 20.6 Å². The molecule has 0 bridgehead atoms. The molecule has 6 nitrogen and oxygen atoms in total. The van der Waals surface area contributed by atoms with Gasteiger partial charge in [-0.3, -0.25) is 9.59 Å². The van der Waals surface area contributed by atoms with Crippen LogP contribution in [0.4, 0.5) is 0 Å². The number of nitrogens with one attached hydrogen (secondary N) is 2. The lowest BCUT2D eigenvalue weighted by Gasteiger charge is -2.17. The molecule has 28 heavy (non-hydrogen) atoms. The lowest BCUT2D eigenvalue weighted by atomic mass is 9.93. The molecule has 1 atom stereocenters. The summed E-state index contributed by atoms with van der Waals surface area (Å²) in [4.78, 5) is 33.5. The maximum atomic E-state index is 12.6. The first-order valence-corrected chi connectivity index (χ1v) is 9.71. The monoisotopic (exact) mass is 378 g/mol. The number of aryl methyl sites for hydroxylation is 1. The van der Waals surface area contributed by atoms with Crippen molar-refractivity contribution >= 4 is 11.8 Å². The van der Waals surface area contributed by atoms with Crippen molar-refractivity contribution in [2.24, 2.45) is 5.92 Å². The molecule has 2 aromatic rings. The van der Waals surface area contributed by atoms with Gasteiger partial charge in [-0.25, -0.2) is 9.97 Å². The van der Waals surface area contributed by atoms with Crippen LogP contribution in [0.1, 0.15) is 46.7 Å². The Hall–Kier alpha value is -3.02. The molecule has 1 aliphatic rings. The highest BCUT2D eigenvalue weighted by Gasteiger charge is 2.19. The molecule has 2 amide bonds. The number of amides is 2. The summed E-state index contributed by atoms with van der Waals surface area (Å²) >= 11 is 0. The fourth-order valence-corrected chi connectivity index (χ4v) is 3.25. The Bertz CT molecular complexity index is 849. The molecule has 1 heterocycles. The number of carbonyl (C=O) groups excluding carboxylic acids is 2. The Balaban J connectivity index is 1.57. The summed E-state index contributed by atoms with van der Waals surface area (Å²) in [7, 11) is 0. The van der Waals surface area contributed by atoms with Crippen molar-refractivity contribution in [2.45, 2.75) is 39.2 Å². The molecule has 0 spiro atoms. The van der Waals surface area contributed by atoms with Gasteiger partial charge in [0.25, 0.3) is 5.91 Å². The predicted molar refractivity (Wildman–Crippen MR) is 108 cm³/mol. The van der Waals surface area contributed by atoms with E-state index in [0.717, 1.165) is 24.8 Å². The van der Waals surface area contributed by atoms with E-state index in [1.165, 1.54) is 0 Å². The average Bonchev–Trinajstić information content (AvgIpc) is 2.73. The van der Waals surface area contributed by atoms with E-state index >= 15 is 0 Å². The van der Waals surface area contributed by atoms with Crippen LogP contribution in [0.25, 0.3) is 0 Å². The predicted octanol–water partition coefficient (Wildman–Crippen LogP) is 2.73. The largest absolute Gasteiger partial charge is 0.355 e. The van der Waals surface area contributed by atoms with E-state index in [0.29, 0.717) is 36.6 Å². The highest BCUT2D eigenvalue weighted by Crippen LogP contribution is 2.18. The third-order valence-corrected chi connectivity index (χ3v) is 4.83. The first kappa shape index (κ1) is 19.7. The molecule has 0 unspecified atom stereocenters. The first-order valence-electron chi connectivity index (χ1n) is 9.71.